The second kappa shape index (κ2) is 5.29. The van der Waals surface area contributed by atoms with E-state index in [4.69, 9.17) is 9.63 Å². The summed E-state index contributed by atoms with van der Waals surface area (Å²) in [4.78, 5) is 4.29. The van der Waals surface area contributed by atoms with Crippen LogP contribution in [-0.4, -0.2) is 36.8 Å². The highest BCUT2D eigenvalue weighted by Crippen LogP contribution is 2.18. The lowest BCUT2D eigenvalue weighted by Crippen LogP contribution is -2.00. The molecule has 1 N–H and O–H groups in total. The second-order valence-electron chi connectivity index (χ2n) is 3.90. The fourth-order valence-corrected chi connectivity index (χ4v) is 2.25. The number of thiophene rings is 1. The molecule has 0 aliphatic rings. The highest BCUT2D eigenvalue weighted by atomic mass is 32.1. The quantitative estimate of drug-likeness (QED) is 0.747. The average Bonchev–Trinajstić information content (AvgIpc) is 3.10. The molecule has 0 saturated carbocycles. The minimum Gasteiger partial charge on any atom is -0.396 e. The molecule has 3 rings (SSSR count). The van der Waals surface area contributed by atoms with Gasteiger partial charge in [-0.05, 0) is 11.4 Å². The van der Waals surface area contributed by atoms with E-state index in [0.717, 1.165) is 11.3 Å². The first-order chi connectivity index (χ1) is 9.35. The summed E-state index contributed by atoms with van der Waals surface area (Å²) >= 11 is 1.58. The van der Waals surface area contributed by atoms with E-state index in [1.165, 1.54) is 0 Å². The van der Waals surface area contributed by atoms with Gasteiger partial charge in [-0.3, -0.25) is 0 Å². The molecule has 0 bridgehead atoms. The zero-order chi connectivity index (χ0) is 13.1. The Bertz CT molecular complexity index is 646. The van der Waals surface area contributed by atoms with Gasteiger partial charge in [-0.1, -0.05) is 10.4 Å². The normalized spacial score (nSPS) is 11.0. The number of nitrogens with zero attached hydrogens (tertiary/aromatic N) is 5. The van der Waals surface area contributed by atoms with E-state index in [1.54, 1.807) is 22.2 Å². The molecule has 3 aromatic rings. The van der Waals surface area contributed by atoms with Crippen LogP contribution in [0.4, 0.5) is 0 Å². The number of aliphatic hydroxyl groups is 1. The van der Waals surface area contributed by atoms with Gasteiger partial charge in [0.2, 0.25) is 11.7 Å². The molecule has 98 valence electrons. The van der Waals surface area contributed by atoms with E-state index in [-0.39, 0.29) is 6.61 Å². The number of hydrogen-bond donors (Lipinski definition) is 1. The Kier molecular flexibility index (Phi) is 3.34. The summed E-state index contributed by atoms with van der Waals surface area (Å²) in [7, 11) is 0. The number of rotatable bonds is 5. The summed E-state index contributed by atoms with van der Waals surface area (Å²) in [6, 6.07) is 1.94. The van der Waals surface area contributed by atoms with Gasteiger partial charge in [0.05, 0.1) is 5.69 Å². The summed E-state index contributed by atoms with van der Waals surface area (Å²) < 4.78 is 6.77. The van der Waals surface area contributed by atoms with Crippen molar-refractivity contribution >= 4 is 11.3 Å². The molecular weight excluding hydrogens is 266 g/mol. The van der Waals surface area contributed by atoms with Gasteiger partial charge in [0, 0.05) is 30.2 Å². The van der Waals surface area contributed by atoms with E-state index >= 15 is 0 Å². The molecule has 0 amide bonds. The molecule has 0 fully saturated rings. The van der Waals surface area contributed by atoms with Crippen LogP contribution in [0.1, 0.15) is 11.6 Å². The standard InChI is InChI=1S/C11H11N5O2S/c17-3-1-9-5-16(15-13-9)6-10-12-11(14-18-10)8-2-4-19-7-8/h2,4-5,7,17H,1,3,6H2. The monoisotopic (exact) mass is 277 g/mol. The van der Waals surface area contributed by atoms with Crippen LogP contribution < -0.4 is 0 Å². The number of aromatic nitrogens is 5. The minimum atomic E-state index is 0.0571. The Morgan fingerprint density at radius 2 is 2.37 bits per heavy atom. The average molecular weight is 277 g/mol. The topological polar surface area (TPSA) is 89.9 Å². The summed E-state index contributed by atoms with van der Waals surface area (Å²) in [6.45, 7) is 0.428. The van der Waals surface area contributed by atoms with Crippen molar-refractivity contribution in [2.45, 2.75) is 13.0 Å². The molecule has 0 aliphatic carbocycles. The van der Waals surface area contributed by atoms with Crippen LogP contribution in [0.5, 0.6) is 0 Å². The fourth-order valence-electron chi connectivity index (χ4n) is 1.61. The first kappa shape index (κ1) is 12.0. The Balaban J connectivity index is 1.72. The lowest BCUT2D eigenvalue weighted by Gasteiger charge is -1.92. The number of aliphatic hydroxyl groups excluding tert-OH is 1. The van der Waals surface area contributed by atoms with Crippen molar-refractivity contribution in [1.82, 2.24) is 25.1 Å². The van der Waals surface area contributed by atoms with Gasteiger partial charge < -0.3 is 9.63 Å². The van der Waals surface area contributed by atoms with Gasteiger partial charge in [0.25, 0.3) is 0 Å². The van der Waals surface area contributed by atoms with Crippen LogP contribution in [0, 0.1) is 0 Å². The first-order valence-electron chi connectivity index (χ1n) is 5.70. The third-order valence-corrected chi connectivity index (χ3v) is 3.18. The Hall–Kier alpha value is -2.06. The van der Waals surface area contributed by atoms with Gasteiger partial charge >= 0.3 is 0 Å². The summed E-state index contributed by atoms with van der Waals surface area (Å²) in [5.41, 5.74) is 1.68. The molecule has 19 heavy (non-hydrogen) atoms. The molecule has 0 unspecified atom stereocenters. The summed E-state index contributed by atoms with van der Waals surface area (Å²) in [6.07, 6.45) is 2.24. The first-order valence-corrected chi connectivity index (χ1v) is 6.64. The predicted molar refractivity (Wildman–Crippen MR) is 67.5 cm³/mol. The van der Waals surface area contributed by atoms with Crippen molar-refractivity contribution in [3.05, 3.63) is 34.6 Å². The van der Waals surface area contributed by atoms with E-state index in [2.05, 4.69) is 20.5 Å². The lowest BCUT2D eigenvalue weighted by molar-refractivity contribution is 0.298. The van der Waals surface area contributed by atoms with E-state index in [0.29, 0.717) is 24.7 Å². The minimum absolute atomic E-state index is 0.0571. The van der Waals surface area contributed by atoms with Crippen LogP contribution in [0.2, 0.25) is 0 Å². The molecule has 3 heterocycles. The molecular formula is C11H11N5O2S. The summed E-state index contributed by atoms with van der Waals surface area (Å²) in [5.74, 6) is 1.05. The highest BCUT2D eigenvalue weighted by Gasteiger charge is 2.10. The Morgan fingerprint density at radius 3 is 3.16 bits per heavy atom. The van der Waals surface area contributed by atoms with E-state index in [9.17, 15) is 0 Å². The maximum Gasteiger partial charge on any atom is 0.248 e. The third-order valence-electron chi connectivity index (χ3n) is 2.50. The fraction of sp³-hybridized carbons (Fsp3) is 0.273. The van der Waals surface area contributed by atoms with E-state index < -0.39 is 0 Å². The van der Waals surface area contributed by atoms with Crippen molar-refractivity contribution in [2.75, 3.05) is 6.61 Å². The highest BCUT2D eigenvalue weighted by molar-refractivity contribution is 7.08. The van der Waals surface area contributed by atoms with Gasteiger partial charge in [-0.2, -0.15) is 16.3 Å². The molecule has 7 nitrogen and oxygen atoms in total. The van der Waals surface area contributed by atoms with Crippen molar-refractivity contribution in [2.24, 2.45) is 0 Å². The molecule has 0 radical (unpaired) electrons. The Labute approximate surface area is 112 Å². The number of hydrogen-bond acceptors (Lipinski definition) is 7. The van der Waals surface area contributed by atoms with Crippen molar-refractivity contribution in [1.29, 1.82) is 0 Å². The Morgan fingerprint density at radius 1 is 1.42 bits per heavy atom. The van der Waals surface area contributed by atoms with Crippen LogP contribution in [0.3, 0.4) is 0 Å². The zero-order valence-electron chi connectivity index (χ0n) is 9.93. The molecule has 0 atom stereocenters. The van der Waals surface area contributed by atoms with Gasteiger partial charge in [0.15, 0.2) is 0 Å². The lowest BCUT2D eigenvalue weighted by atomic mass is 10.3. The van der Waals surface area contributed by atoms with Crippen LogP contribution in [-0.2, 0) is 13.0 Å². The summed E-state index contributed by atoms with van der Waals surface area (Å²) in [5, 5.41) is 24.5. The predicted octanol–water partition coefficient (Wildman–Crippen LogP) is 0.973. The molecule has 0 saturated heterocycles. The van der Waals surface area contributed by atoms with Crippen LogP contribution >= 0.6 is 11.3 Å². The van der Waals surface area contributed by atoms with Gasteiger partial charge in [0.1, 0.15) is 6.54 Å². The molecule has 8 heteroatoms. The third kappa shape index (κ3) is 2.69. The SMILES string of the molecule is OCCc1cn(Cc2nc(-c3ccsc3)no2)nn1. The molecule has 3 aromatic heterocycles. The van der Waals surface area contributed by atoms with Crippen LogP contribution in [0.15, 0.2) is 27.5 Å². The van der Waals surface area contributed by atoms with Crippen molar-refractivity contribution < 1.29 is 9.63 Å². The molecule has 0 spiro atoms. The maximum atomic E-state index is 8.81. The maximum absolute atomic E-state index is 8.81. The second-order valence-corrected chi connectivity index (χ2v) is 4.68. The zero-order valence-corrected chi connectivity index (χ0v) is 10.7. The smallest absolute Gasteiger partial charge is 0.248 e. The van der Waals surface area contributed by atoms with Gasteiger partial charge in [-0.25, -0.2) is 4.68 Å². The largest absolute Gasteiger partial charge is 0.396 e. The van der Waals surface area contributed by atoms with Crippen molar-refractivity contribution in [3.63, 3.8) is 0 Å². The molecule has 0 aromatic carbocycles. The van der Waals surface area contributed by atoms with Crippen molar-refractivity contribution in [3.8, 4) is 11.4 Å². The molecule has 0 aliphatic heterocycles. The van der Waals surface area contributed by atoms with Gasteiger partial charge in [-0.15, -0.1) is 5.10 Å². The van der Waals surface area contributed by atoms with Crippen LogP contribution in [0.25, 0.3) is 11.4 Å². The van der Waals surface area contributed by atoms with E-state index in [1.807, 2.05) is 16.8 Å².